The lowest BCUT2D eigenvalue weighted by Crippen LogP contribution is -2.39. The summed E-state index contributed by atoms with van der Waals surface area (Å²) in [6, 6.07) is 9.02. The molecule has 0 spiro atoms. The standard InChI is InChI=1S/C19H20Cl2N4O/c20-15-2-1-13(11-16(15)21)17(19(22)26)18(12-3-7-23-8-4-12)25-14-5-9-24-10-6-14/h1-4,7-8,11,14,24-25H,5-6,9-10H2,(H2,22,26)/b18-17-. The molecule has 5 nitrogen and oxygen atoms in total. The highest BCUT2D eigenvalue weighted by Crippen LogP contribution is 2.30. The van der Waals surface area contributed by atoms with Gasteiger partial charge in [0.25, 0.3) is 5.91 Å². The summed E-state index contributed by atoms with van der Waals surface area (Å²) in [4.78, 5) is 16.4. The summed E-state index contributed by atoms with van der Waals surface area (Å²) in [5.74, 6) is -0.531. The van der Waals surface area contributed by atoms with E-state index in [-0.39, 0.29) is 6.04 Å². The molecule has 0 radical (unpaired) electrons. The third-order valence-electron chi connectivity index (χ3n) is 4.36. The summed E-state index contributed by atoms with van der Waals surface area (Å²) in [7, 11) is 0. The van der Waals surface area contributed by atoms with Crippen molar-refractivity contribution in [3.8, 4) is 0 Å². The van der Waals surface area contributed by atoms with Crippen molar-refractivity contribution >= 4 is 40.4 Å². The molecule has 136 valence electrons. The summed E-state index contributed by atoms with van der Waals surface area (Å²) < 4.78 is 0. The zero-order valence-electron chi connectivity index (χ0n) is 14.1. The van der Waals surface area contributed by atoms with Gasteiger partial charge in [-0.2, -0.15) is 0 Å². The van der Waals surface area contributed by atoms with Crippen LogP contribution >= 0.6 is 23.2 Å². The van der Waals surface area contributed by atoms with Gasteiger partial charge < -0.3 is 16.4 Å². The van der Waals surface area contributed by atoms with Crippen LogP contribution in [0.5, 0.6) is 0 Å². The molecule has 1 aromatic heterocycles. The number of halogens is 2. The number of nitrogens with one attached hydrogen (secondary N) is 2. The number of hydrogen-bond acceptors (Lipinski definition) is 4. The third-order valence-corrected chi connectivity index (χ3v) is 5.10. The van der Waals surface area contributed by atoms with E-state index in [0.29, 0.717) is 26.9 Å². The smallest absolute Gasteiger partial charge is 0.251 e. The maximum absolute atomic E-state index is 12.4. The minimum absolute atomic E-state index is 0.247. The average Bonchev–Trinajstić information content (AvgIpc) is 2.65. The minimum Gasteiger partial charge on any atom is -0.381 e. The maximum Gasteiger partial charge on any atom is 0.251 e. The molecule has 1 saturated heterocycles. The van der Waals surface area contributed by atoms with E-state index in [0.717, 1.165) is 31.5 Å². The van der Waals surface area contributed by atoms with Crippen LogP contribution in [-0.4, -0.2) is 30.0 Å². The van der Waals surface area contributed by atoms with Gasteiger partial charge in [-0.1, -0.05) is 29.3 Å². The second-order valence-corrected chi connectivity index (χ2v) is 6.96. The fraction of sp³-hybridized carbons (Fsp3) is 0.263. The zero-order chi connectivity index (χ0) is 18.5. The molecule has 0 unspecified atom stereocenters. The van der Waals surface area contributed by atoms with Crippen molar-refractivity contribution in [1.29, 1.82) is 0 Å². The monoisotopic (exact) mass is 390 g/mol. The first-order valence-electron chi connectivity index (χ1n) is 8.43. The molecule has 1 amide bonds. The second kappa shape index (κ2) is 8.54. The fourth-order valence-electron chi connectivity index (χ4n) is 3.05. The van der Waals surface area contributed by atoms with Gasteiger partial charge in [0.05, 0.1) is 21.3 Å². The summed E-state index contributed by atoms with van der Waals surface area (Å²) in [6.45, 7) is 1.86. The Morgan fingerprint density at radius 2 is 1.77 bits per heavy atom. The molecule has 7 heteroatoms. The third kappa shape index (κ3) is 4.36. The normalized spacial score (nSPS) is 16.1. The van der Waals surface area contributed by atoms with Crippen LogP contribution in [0.3, 0.4) is 0 Å². The van der Waals surface area contributed by atoms with Crippen molar-refractivity contribution in [3.63, 3.8) is 0 Å². The first kappa shape index (κ1) is 18.7. The lowest BCUT2D eigenvalue weighted by Gasteiger charge is -2.27. The van der Waals surface area contributed by atoms with Gasteiger partial charge in [0.15, 0.2) is 0 Å². The molecular formula is C19H20Cl2N4O. The molecule has 0 aliphatic carbocycles. The van der Waals surface area contributed by atoms with Crippen LogP contribution in [0.1, 0.15) is 24.0 Å². The Hall–Kier alpha value is -2.08. The summed E-state index contributed by atoms with van der Waals surface area (Å²) in [5, 5.41) is 7.66. The summed E-state index contributed by atoms with van der Waals surface area (Å²) in [6.07, 6.45) is 5.30. The lowest BCUT2D eigenvalue weighted by atomic mass is 9.97. The number of carbonyl (C=O) groups is 1. The first-order chi connectivity index (χ1) is 12.6. The number of rotatable bonds is 5. The van der Waals surface area contributed by atoms with E-state index >= 15 is 0 Å². The van der Waals surface area contributed by atoms with Gasteiger partial charge in [-0.3, -0.25) is 9.78 Å². The molecule has 1 aliphatic rings. The van der Waals surface area contributed by atoms with Crippen LogP contribution in [0.25, 0.3) is 11.3 Å². The van der Waals surface area contributed by atoms with Crippen molar-refractivity contribution in [3.05, 3.63) is 63.9 Å². The van der Waals surface area contributed by atoms with Crippen LogP contribution in [0.15, 0.2) is 42.7 Å². The number of pyridine rings is 1. The zero-order valence-corrected chi connectivity index (χ0v) is 15.6. The van der Waals surface area contributed by atoms with Gasteiger partial charge in [0.1, 0.15) is 0 Å². The molecule has 2 heterocycles. The molecule has 2 aromatic rings. The molecule has 26 heavy (non-hydrogen) atoms. The van der Waals surface area contributed by atoms with Crippen LogP contribution in [0, 0.1) is 0 Å². The highest BCUT2D eigenvalue weighted by atomic mass is 35.5. The largest absolute Gasteiger partial charge is 0.381 e. The Kier molecular flexibility index (Phi) is 6.14. The van der Waals surface area contributed by atoms with E-state index in [1.54, 1.807) is 30.6 Å². The fourth-order valence-corrected chi connectivity index (χ4v) is 3.35. The maximum atomic E-state index is 12.4. The van der Waals surface area contributed by atoms with Gasteiger partial charge in [-0.25, -0.2) is 0 Å². The number of aromatic nitrogens is 1. The van der Waals surface area contributed by atoms with Gasteiger partial charge in [-0.15, -0.1) is 0 Å². The molecule has 3 rings (SSSR count). The quantitative estimate of drug-likeness (QED) is 0.685. The summed E-state index contributed by atoms with van der Waals surface area (Å²) >= 11 is 12.2. The van der Waals surface area contributed by atoms with Gasteiger partial charge in [0, 0.05) is 24.0 Å². The Labute approximate surface area is 162 Å². The highest BCUT2D eigenvalue weighted by Gasteiger charge is 2.21. The Morgan fingerprint density at radius 3 is 2.38 bits per heavy atom. The van der Waals surface area contributed by atoms with E-state index < -0.39 is 5.91 Å². The van der Waals surface area contributed by atoms with Crippen LogP contribution < -0.4 is 16.4 Å². The van der Waals surface area contributed by atoms with Crippen molar-refractivity contribution in [2.75, 3.05) is 13.1 Å². The Bertz CT molecular complexity index is 818. The Morgan fingerprint density at radius 1 is 1.08 bits per heavy atom. The minimum atomic E-state index is -0.531. The number of primary amides is 1. The Balaban J connectivity index is 2.12. The van der Waals surface area contributed by atoms with Crippen LogP contribution in [0.2, 0.25) is 10.0 Å². The molecule has 0 atom stereocenters. The topological polar surface area (TPSA) is 80.0 Å². The van der Waals surface area contributed by atoms with Gasteiger partial charge in [-0.05, 0) is 55.8 Å². The predicted molar refractivity (Wildman–Crippen MR) is 106 cm³/mol. The number of hydrogen-bond donors (Lipinski definition) is 3. The van der Waals surface area contributed by atoms with E-state index in [9.17, 15) is 4.79 Å². The van der Waals surface area contributed by atoms with Crippen LogP contribution in [-0.2, 0) is 4.79 Å². The first-order valence-corrected chi connectivity index (χ1v) is 9.19. The van der Waals surface area contributed by atoms with Crippen molar-refractivity contribution < 1.29 is 4.79 Å². The van der Waals surface area contributed by atoms with Gasteiger partial charge in [0.2, 0.25) is 0 Å². The number of nitrogens with two attached hydrogens (primary N) is 1. The number of piperidine rings is 1. The van der Waals surface area contributed by atoms with Crippen molar-refractivity contribution in [1.82, 2.24) is 15.6 Å². The van der Waals surface area contributed by atoms with Gasteiger partial charge >= 0.3 is 0 Å². The number of benzene rings is 1. The number of amides is 1. The van der Waals surface area contributed by atoms with E-state index in [1.807, 2.05) is 12.1 Å². The molecule has 1 fully saturated rings. The molecular weight excluding hydrogens is 371 g/mol. The number of carbonyl (C=O) groups excluding carboxylic acids is 1. The van der Waals surface area contributed by atoms with Crippen molar-refractivity contribution in [2.24, 2.45) is 5.73 Å². The molecule has 0 bridgehead atoms. The molecule has 0 saturated carbocycles. The number of nitrogens with zero attached hydrogens (tertiary/aromatic N) is 1. The molecule has 4 N–H and O–H groups in total. The molecule has 1 aliphatic heterocycles. The molecule has 1 aromatic carbocycles. The highest BCUT2D eigenvalue weighted by molar-refractivity contribution is 6.42. The van der Waals surface area contributed by atoms with Crippen LogP contribution in [0.4, 0.5) is 0 Å². The SMILES string of the molecule is NC(=O)/C(=C(\NC1CCNCC1)c1ccncc1)c1ccc(Cl)c(Cl)c1. The predicted octanol–water partition coefficient (Wildman–Crippen LogP) is 3.08. The van der Waals surface area contributed by atoms with E-state index in [2.05, 4.69) is 15.6 Å². The van der Waals surface area contributed by atoms with E-state index in [4.69, 9.17) is 28.9 Å². The lowest BCUT2D eigenvalue weighted by molar-refractivity contribution is -0.112. The summed E-state index contributed by atoms with van der Waals surface area (Å²) in [5.41, 5.74) is 8.30. The van der Waals surface area contributed by atoms with Crippen molar-refractivity contribution in [2.45, 2.75) is 18.9 Å². The van der Waals surface area contributed by atoms with E-state index in [1.165, 1.54) is 0 Å². The second-order valence-electron chi connectivity index (χ2n) is 6.15. The average molecular weight is 391 g/mol.